The van der Waals surface area contributed by atoms with E-state index < -0.39 is 0 Å². The van der Waals surface area contributed by atoms with E-state index in [4.69, 9.17) is 5.73 Å². The molecule has 110 valence electrons. The molecule has 1 heterocycles. The van der Waals surface area contributed by atoms with Gasteiger partial charge in [0.05, 0.1) is 4.88 Å². The van der Waals surface area contributed by atoms with E-state index in [2.05, 4.69) is 10.3 Å². The topological polar surface area (TPSA) is 68.0 Å². The van der Waals surface area contributed by atoms with Crippen LogP contribution >= 0.6 is 11.3 Å². The second-order valence-electron chi connectivity index (χ2n) is 4.81. The van der Waals surface area contributed by atoms with Gasteiger partial charge in [0.15, 0.2) is 5.13 Å². The fourth-order valence-electron chi connectivity index (χ4n) is 2.09. The Hall–Kier alpha value is -2.66. The molecule has 0 aliphatic rings. The first-order chi connectivity index (χ1) is 10.7. The molecule has 3 rings (SSSR count). The molecular weight excluding hydrogens is 294 g/mol. The van der Waals surface area contributed by atoms with Gasteiger partial charge in [-0.05, 0) is 23.3 Å². The number of carbonyl (C=O) groups excluding carboxylic acids is 1. The van der Waals surface area contributed by atoms with Gasteiger partial charge in [-0.3, -0.25) is 4.79 Å². The highest BCUT2D eigenvalue weighted by Gasteiger charge is 2.07. The number of nitrogens with zero attached hydrogens (tertiary/aromatic N) is 1. The quantitative estimate of drug-likeness (QED) is 0.777. The highest BCUT2D eigenvalue weighted by Crippen LogP contribution is 2.27. The highest BCUT2D eigenvalue weighted by molar-refractivity contribution is 7.18. The molecule has 0 radical (unpaired) electrons. The van der Waals surface area contributed by atoms with E-state index in [1.54, 1.807) is 6.20 Å². The van der Waals surface area contributed by atoms with E-state index in [0.29, 0.717) is 17.2 Å². The lowest BCUT2D eigenvalue weighted by Gasteiger charge is -2.06. The van der Waals surface area contributed by atoms with Crippen molar-refractivity contribution < 1.29 is 4.79 Å². The molecule has 22 heavy (non-hydrogen) atoms. The van der Waals surface area contributed by atoms with E-state index >= 15 is 0 Å². The summed E-state index contributed by atoms with van der Waals surface area (Å²) in [6.45, 7) is 0.521. The summed E-state index contributed by atoms with van der Waals surface area (Å²) in [7, 11) is 0. The normalized spacial score (nSPS) is 10.4. The molecule has 3 N–H and O–H groups in total. The Bertz CT molecular complexity index is 766. The number of rotatable bonds is 4. The van der Waals surface area contributed by atoms with Gasteiger partial charge in [-0.1, -0.05) is 53.8 Å². The van der Waals surface area contributed by atoms with Crippen LogP contribution in [0.1, 0.15) is 15.9 Å². The van der Waals surface area contributed by atoms with Gasteiger partial charge in [0.25, 0.3) is 5.91 Å². The number of hydrogen-bond donors (Lipinski definition) is 2. The molecule has 0 saturated carbocycles. The van der Waals surface area contributed by atoms with E-state index in [9.17, 15) is 4.79 Å². The summed E-state index contributed by atoms with van der Waals surface area (Å²) in [4.78, 5) is 17.2. The predicted molar refractivity (Wildman–Crippen MR) is 89.6 cm³/mol. The third kappa shape index (κ3) is 3.32. The van der Waals surface area contributed by atoms with Crippen LogP contribution in [-0.2, 0) is 6.54 Å². The molecule has 0 saturated heterocycles. The average molecular weight is 309 g/mol. The van der Waals surface area contributed by atoms with Crippen molar-refractivity contribution in [2.24, 2.45) is 0 Å². The first-order valence-corrected chi connectivity index (χ1v) is 7.68. The van der Waals surface area contributed by atoms with E-state index in [1.165, 1.54) is 11.3 Å². The van der Waals surface area contributed by atoms with Gasteiger partial charge in [-0.25, -0.2) is 4.98 Å². The van der Waals surface area contributed by atoms with Crippen LogP contribution in [0.5, 0.6) is 0 Å². The molecule has 3 aromatic rings. The van der Waals surface area contributed by atoms with Crippen LogP contribution in [0.3, 0.4) is 0 Å². The zero-order chi connectivity index (χ0) is 15.4. The molecule has 0 fully saturated rings. The molecule has 1 amide bonds. The van der Waals surface area contributed by atoms with E-state index in [-0.39, 0.29) is 5.91 Å². The van der Waals surface area contributed by atoms with Crippen molar-refractivity contribution in [2.75, 3.05) is 5.73 Å². The van der Waals surface area contributed by atoms with Crippen molar-refractivity contribution in [3.8, 4) is 10.4 Å². The summed E-state index contributed by atoms with van der Waals surface area (Å²) >= 11 is 1.43. The molecule has 0 aliphatic carbocycles. The number of anilines is 1. The minimum absolute atomic E-state index is 0.0841. The lowest BCUT2D eigenvalue weighted by molar-refractivity contribution is 0.0951. The number of benzene rings is 2. The van der Waals surface area contributed by atoms with Crippen molar-refractivity contribution in [3.05, 3.63) is 71.9 Å². The molecule has 4 nitrogen and oxygen atoms in total. The fourth-order valence-corrected chi connectivity index (χ4v) is 2.78. The SMILES string of the molecule is Nc1ncc(-c2ccc(C(=O)NCc3ccccc3)cc2)s1. The number of thiazole rings is 1. The van der Waals surface area contributed by atoms with Crippen LogP contribution in [-0.4, -0.2) is 10.9 Å². The molecule has 0 unspecified atom stereocenters. The standard InChI is InChI=1S/C17H15N3OS/c18-17-20-11-15(22-17)13-6-8-14(9-7-13)16(21)19-10-12-4-2-1-3-5-12/h1-9,11H,10H2,(H2,18,20)(H,19,21). The Kier molecular flexibility index (Phi) is 4.16. The fraction of sp³-hybridized carbons (Fsp3) is 0.0588. The van der Waals surface area contributed by atoms with E-state index in [0.717, 1.165) is 16.0 Å². The van der Waals surface area contributed by atoms with Crippen LogP contribution in [0.15, 0.2) is 60.8 Å². The number of nitrogen functional groups attached to an aromatic ring is 1. The lowest BCUT2D eigenvalue weighted by atomic mass is 10.1. The zero-order valence-corrected chi connectivity index (χ0v) is 12.6. The molecule has 5 heteroatoms. The van der Waals surface area contributed by atoms with Gasteiger partial charge in [-0.2, -0.15) is 0 Å². The summed E-state index contributed by atoms with van der Waals surface area (Å²) in [5, 5.41) is 3.45. The summed E-state index contributed by atoms with van der Waals surface area (Å²) in [5.74, 6) is -0.0841. The van der Waals surface area contributed by atoms with Crippen molar-refractivity contribution in [2.45, 2.75) is 6.54 Å². The number of nitrogens with one attached hydrogen (secondary N) is 1. The minimum Gasteiger partial charge on any atom is -0.375 e. The lowest BCUT2D eigenvalue weighted by Crippen LogP contribution is -2.22. The monoisotopic (exact) mass is 309 g/mol. The van der Waals surface area contributed by atoms with Gasteiger partial charge in [0, 0.05) is 18.3 Å². The minimum atomic E-state index is -0.0841. The van der Waals surface area contributed by atoms with Gasteiger partial charge in [0.2, 0.25) is 0 Å². The number of nitrogens with two attached hydrogens (primary N) is 1. The van der Waals surface area contributed by atoms with Crippen LogP contribution in [0.4, 0.5) is 5.13 Å². The average Bonchev–Trinajstić information content (AvgIpc) is 3.00. The van der Waals surface area contributed by atoms with Crippen molar-refractivity contribution >= 4 is 22.4 Å². The third-order valence-electron chi connectivity index (χ3n) is 3.25. The smallest absolute Gasteiger partial charge is 0.251 e. The Morgan fingerprint density at radius 2 is 1.82 bits per heavy atom. The second kappa shape index (κ2) is 6.41. The first kappa shape index (κ1) is 14.3. The van der Waals surface area contributed by atoms with Gasteiger partial charge >= 0.3 is 0 Å². The molecule has 2 aromatic carbocycles. The maximum atomic E-state index is 12.1. The number of carbonyl (C=O) groups is 1. The number of hydrogen-bond acceptors (Lipinski definition) is 4. The molecule has 0 atom stereocenters. The molecule has 0 spiro atoms. The van der Waals surface area contributed by atoms with Gasteiger partial charge in [0.1, 0.15) is 0 Å². The summed E-state index contributed by atoms with van der Waals surface area (Å²) in [6, 6.07) is 17.3. The summed E-state index contributed by atoms with van der Waals surface area (Å²) in [6.07, 6.45) is 1.74. The van der Waals surface area contributed by atoms with Crippen LogP contribution in [0.25, 0.3) is 10.4 Å². The third-order valence-corrected chi connectivity index (χ3v) is 4.13. The second-order valence-corrected chi connectivity index (χ2v) is 5.87. The van der Waals surface area contributed by atoms with Crippen molar-refractivity contribution in [1.29, 1.82) is 0 Å². The molecule has 1 aromatic heterocycles. The summed E-state index contributed by atoms with van der Waals surface area (Å²) < 4.78 is 0. The van der Waals surface area contributed by atoms with Crippen molar-refractivity contribution in [3.63, 3.8) is 0 Å². The Morgan fingerprint density at radius 3 is 2.45 bits per heavy atom. The Morgan fingerprint density at radius 1 is 1.09 bits per heavy atom. The highest BCUT2D eigenvalue weighted by atomic mass is 32.1. The maximum Gasteiger partial charge on any atom is 0.251 e. The Labute approximate surface area is 132 Å². The number of amides is 1. The van der Waals surface area contributed by atoms with Gasteiger partial charge < -0.3 is 11.1 Å². The maximum absolute atomic E-state index is 12.1. The van der Waals surface area contributed by atoms with Crippen LogP contribution < -0.4 is 11.1 Å². The number of aromatic nitrogens is 1. The largest absolute Gasteiger partial charge is 0.375 e. The van der Waals surface area contributed by atoms with E-state index in [1.807, 2.05) is 54.6 Å². The van der Waals surface area contributed by atoms with Crippen LogP contribution in [0, 0.1) is 0 Å². The molecule has 0 aliphatic heterocycles. The predicted octanol–water partition coefficient (Wildman–Crippen LogP) is 3.32. The zero-order valence-electron chi connectivity index (χ0n) is 11.8. The van der Waals surface area contributed by atoms with Crippen LogP contribution in [0.2, 0.25) is 0 Å². The molecule has 0 bridgehead atoms. The van der Waals surface area contributed by atoms with Gasteiger partial charge in [-0.15, -0.1) is 0 Å². The molecular formula is C17H15N3OS. The first-order valence-electron chi connectivity index (χ1n) is 6.86. The Balaban J connectivity index is 1.66. The van der Waals surface area contributed by atoms with Crippen molar-refractivity contribution in [1.82, 2.24) is 10.3 Å². The summed E-state index contributed by atoms with van der Waals surface area (Å²) in [5.41, 5.74) is 8.35.